The Morgan fingerprint density at radius 2 is 2.03 bits per heavy atom. The van der Waals surface area contributed by atoms with Crippen molar-refractivity contribution in [3.63, 3.8) is 0 Å². The fourth-order valence-electron chi connectivity index (χ4n) is 4.05. The van der Waals surface area contributed by atoms with Crippen molar-refractivity contribution >= 4 is 45.8 Å². The van der Waals surface area contributed by atoms with Gasteiger partial charge in [0.1, 0.15) is 11.5 Å². The van der Waals surface area contributed by atoms with Crippen molar-refractivity contribution < 1.29 is 14.1 Å². The first kappa shape index (κ1) is 24.1. The van der Waals surface area contributed by atoms with E-state index in [4.69, 9.17) is 26.1 Å². The molecule has 0 unspecified atom stereocenters. The van der Waals surface area contributed by atoms with Crippen molar-refractivity contribution in [2.45, 2.75) is 32.4 Å². The molecule has 2 aliphatic heterocycles. The van der Waals surface area contributed by atoms with Gasteiger partial charge >= 0.3 is 0 Å². The normalized spacial score (nSPS) is 16.6. The molecule has 0 bridgehead atoms. The molecule has 1 aromatic heterocycles. The van der Waals surface area contributed by atoms with E-state index in [-0.39, 0.29) is 16.6 Å². The highest BCUT2D eigenvalue weighted by Gasteiger charge is 2.36. The number of nitro benzene ring substituents is 1. The summed E-state index contributed by atoms with van der Waals surface area (Å²) in [5.41, 5.74) is 0.808. The molecule has 0 spiro atoms. The molecule has 1 atom stereocenters. The molecule has 9 nitrogen and oxygen atoms in total. The monoisotopic (exact) mass is 523 g/mol. The lowest BCUT2D eigenvalue weighted by Crippen LogP contribution is -2.50. The van der Waals surface area contributed by atoms with Crippen LogP contribution in [0, 0.1) is 10.1 Å². The predicted octanol–water partition coefficient (Wildman–Crippen LogP) is 4.57. The Labute approximate surface area is 215 Å². The Hall–Kier alpha value is -3.63. The summed E-state index contributed by atoms with van der Waals surface area (Å²) in [6, 6.07) is 15.1. The van der Waals surface area contributed by atoms with Crippen LogP contribution in [-0.2, 0) is 4.79 Å². The van der Waals surface area contributed by atoms with Gasteiger partial charge in [0.25, 0.3) is 11.6 Å². The standard InChI is InChI=1S/C25H22ClN5O4S/c1-2-3-6-13-36-25-28-24(32)22-17-7-4-5-8-19(17)27-23(30(22)29-25)21-12-11-20(35-21)16-10-9-15(31(33)34)14-18(16)26/h4-5,7-12,14,23H,2-3,6,13H2,1H3,(H,28,29,32)/t23-/m0/s1. The van der Waals surface area contributed by atoms with Crippen LogP contribution in [-0.4, -0.2) is 26.8 Å². The van der Waals surface area contributed by atoms with E-state index in [1.807, 2.05) is 24.3 Å². The van der Waals surface area contributed by atoms with E-state index >= 15 is 0 Å². The zero-order valence-electron chi connectivity index (χ0n) is 19.3. The van der Waals surface area contributed by atoms with Gasteiger partial charge in [0.05, 0.1) is 15.3 Å². The number of fused-ring (bicyclic) bond motifs is 2. The minimum absolute atomic E-state index is 0.105. The number of hydrazone groups is 1. The lowest BCUT2D eigenvalue weighted by atomic mass is 10.1. The minimum atomic E-state index is -0.710. The summed E-state index contributed by atoms with van der Waals surface area (Å²) >= 11 is 7.81. The molecule has 1 amide bonds. The summed E-state index contributed by atoms with van der Waals surface area (Å²) in [7, 11) is 0. The van der Waals surface area contributed by atoms with E-state index in [1.165, 1.54) is 23.9 Å². The van der Waals surface area contributed by atoms with E-state index in [1.54, 1.807) is 23.2 Å². The van der Waals surface area contributed by atoms with Crippen molar-refractivity contribution in [2.75, 3.05) is 5.75 Å². The van der Waals surface area contributed by atoms with E-state index in [9.17, 15) is 14.9 Å². The Bertz CT molecular complexity index is 1500. The molecule has 11 heteroatoms. The van der Waals surface area contributed by atoms with Crippen LogP contribution in [0.4, 0.5) is 5.69 Å². The first-order chi connectivity index (χ1) is 17.5. The van der Waals surface area contributed by atoms with Gasteiger partial charge in [0.2, 0.25) is 6.17 Å². The summed E-state index contributed by atoms with van der Waals surface area (Å²) in [5.74, 6) is 1.48. The summed E-state index contributed by atoms with van der Waals surface area (Å²) < 4.78 is 6.13. The highest BCUT2D eigenvalue weighted by atomic mass is 35.5. The van der Waals surface area contributed by atoms with Crippen LogP contribution in [0.3, 0.4) is 0 Å². The van der Waals surface area contributed by atoms with Gasteiger partial charge in [-0.2, -0.15) is 0 Å². The number of furan rings is 1. The average Bonchev–Trinajstić information content (AvgIpc) is 3.35. The zero-order chi connectivity index (χ0) is 25.2. The van der Waals surface area contributed by atoms with Crippen molar-refractivity contribution in [3.05, 3.63) is 86.1 Å². The molecule has 36 heavy (non-hydrogen) atoms. The first-order valence-corrected chi connectivity index (χ1v) is 12.9. The third kappa shape index (κ3) is 4.61. The predicted molar refractivity (Wildman–Crippen MR) is 139 cm³/mol. The Kier molecular flexibility index (Phi) is 6.80. The van der Waals surface area contributed by atoms with Crippen molar-refractivity contribution in [2.24, 2.45) is 10.1 Å². The number of carbonyl (C=O) groups excluding carboxylic acids is 1. The molecule has 0 radical (unpaired) electrons. The second-order valence-electron chi connectivity index (χ2n) is 8.25. The molecular formula is C25H22ClN5O4S. The highest BCUT2D eigenvalue weighted by molar-refractivity contribution is 8.13. The third-order valence-electron chi connectivity index (χ3n) is 5.81. The van der Waals surface area contributed by atoms with Crippen LogP contribution in [0.25, 0.3) is 17.0 Å². The molecule has 0 saturated heterocycles. The summed E-state index contributed by atoms with van der Waals surface area (Å²) in [4.78, 5) is 28.6. The van der Waals surface area contributed by atoms with Gasteiger partial charge in [0.15, 0.2) is 10.9 Å². The molecule has 1 N–H and O–H groups in total. The van der Waals surface area contributed by atoms with Gasteiger partial charge in [-0.15, -0.1) is 5.10 Å². The van der Waals surface area contributed by atoms with Gasteiger partial charge in [-0.05, 0) is 30.7 Å². The van der Waals surface area contributed by atoms with Gasteiger partial charge in [-0.1, -0.05) is 61.3 Å². The number of halogens is 1. The molecule has 2 aliphatic rings. The smallest absolute Gasteiger partial charge is 0.276 e. The lowest BCUT2D eigenvalue weighted by Gasteiger charge is -2.32. The number of thioether (sulfide) groups is 1. The number of amidine groups is 1. The van der Waals surface area contributed by atoms with E-state index in [2.05, 4.69) is 12.2 Å². The Morgan fingerprint density at radius 1 is 1.19 bits per heavy atom. The first-order valence-electron chi connectivity index (χ1n) is 11.5. The van der Waals surface area contributed by atoms with Crippen molar-refractivity contribution in [1.82, 2.24) is 10.3 Å². The number of unbranched alkanes of at least 4 members (excludes halogenated alkanes) is 2. The molecule has 184 valence electrons. The van der Waals surface area contributed by atoms with Crippen molar-refractivity contribution in [1.29, 1.82) is 0 Å². The number of hydrogen-bond acceptors (Lipinski definition) is 8. The number of benzene rings is 2. The lowest BCUT2D eigenvalue weighted by molar-refractivity contribution is -0.384. The Balaban J connectivity index is 1.53. The Morgan fingerprint density at radius 3 is 2.81 bits per heavy atom. The van der Waals surface area contributed by atoms with Crippen LogP contribution < -0.4 is 15.9 Å². The molecule has 3 aromatic rings. The van der Waals surface area contributed by atoms with Crippen LogP contribution in [0.15, 0.2) is 69.1 Å². The maximum Gasteiger partial charge on any atom is 0.276 e. The third-order valence-corrected chi connectivity index (χ3v) is 7.07. The summed E-state index contributed by atoms with van der Waals surface area (Å²) in [5, 5.41) is 22.4. The number of para-hydroxylation sites is 1. The number of nitrogens with zero attached hydrogens (tertiary/aromatic N) is 4. The van der Waals surface area contributed by atoms with Crippen LogP contribution in [0.5, 0.6) is 0 Å². The van der Waals surface area contributed by atoms with E-state index < -0.39 is 11.1 Å². The number of hydrogen-bond donors (Lipinski definition) is 1. The van der Waals surface area contributed by atoms with Gasteiger partial charge < -0.3 is 4.42 Å². The quantitative estimate of drug-likeness (QED) is 0.275. The number of amides is 1. The topological polar surface area (TPSA) is 113 Å². The number of carbonyl (C=O) groups is 1. The van der Waals surface area contributed by atoms with Crippen LogP contribution in [0.2, 0.25) is 5.02 Å². The minimum Gasteiger partial charge on any atom is -0.457 e. The molecule has 5 rings (SSSR count). The van der Waals surface area contributed by atoms with Crippen LogP contribution >= 0.6 is 23.4 Å². The van der Waals surface area contributed by atoms with Gasteiger partial charge in [-0.25, -0.2) is 10.0 Å². The second kappa shape index (κ2) is 10.2. The maximum absolute atomic E-state index is 13.2. The summed E-state index contributed by atoms with van der Waals surface area (Å²) in [6.45, 7) is 2.14. The van der Waals surface area contributed by atoms with Gasteiger partial charge in [-0.3, -0.25) is 20.2 Å². The molecule has 0 fully saturated rings. The molecule has 2 aromatic carbocycles. The van der Waals surface area contributed by atoms with Crippen LogP contribution in [0.1, 0.15) is 38.1 Å². The van der Waals surface area contributed by atoms with Crippen molar-refractivity contribution in [3.8, 4) is 11.3 Å². The van der Waals surface area contributed by atoms with E-state index in [0.29, 0.717) is 38.5 Å². The van der Waals surface area contributed by atoms with E-state index in [0.717, 1.165) is 25.0 Å². The maximum atomic E-state index is 13.2. The molecule has 0 aliphatic carbocycles. The molecular weight excluding hydrogens is 502 g/mol. The highest BCUT2D eigenvalue weighted by Crippen LogP contribution is 2.37. The fourth-order valence-corrected chi connectivity index (χ4v) is 5.17. The number of non-ortho nitro benzene ring substituents is 1. The number of nitrogens with one attached hydrogen (secondary N) is 1. The largest absolute Gasteiger partial charge is 0.457 e. The summed E-state index contributed by atoms with van der Waals surface area (Å²) in [6.07, 6.45) is 2.54. The average molecular weight is 524 g/mol. The molecule has 0 saturated carbocycles. The number of rotatable bonds is 7. The SMILES string of the molecule is CCCCCSC1=NN2C(=c3ccccc3=N[C@@H]2c2ccc(-c3ccc([N+](=O)[O-])cc3Cl)o2)C(=O)N1. The fraction of sp³-hybridized carbons (Fsp3) is 0.240. The second-order valence-corrected chi connectivity index (χ2v) is 9.74. The molecule has 3 heterocycles. The number of nitro groups is 1. The van der Waals surface area contributed by atoms with Gasteiger partial charge in [0, 0.05) is 28.7 Å². The zero-order valence-corrected chi connectivity index (χ0v) is 20.9.